The first-order valence-corrected chi connectivity index (χ1v) is 13.1. The standard InChI is InChI=1S/C19H11NO4.C15H10N2O2/c21-17-15-8-6-13(19(23)24)10-16(15)18(22)20(17)14-7-5-11-3-1-2-4-12(11)9-14;18-15(19)11-9-14(13-7-3-4-8-16-13)17-12-6-2-1-5-10(11)12/h1-10H,(H,23,24);1-9H,(H,18,19). The normalized spacial score (nSPS) is 12.1. The lowest BCUT2D eigenvalue weighted by Gasteiger charge is -2.14. The Labute approximate surface area is 244 Å². The molecule has 3 heterocycles. The number of anilines is 1. The number of fused-ring (bicyclic) bond motifs is 3. The Morgan fingerprint density at radius 2 is 1.35 bits per heavy atom. The third kappa shape index (κ3) is 5.07. The van der Waals surface area contributed by atoms with Crippen LogP contribution in [0.25, 0.3) is 33.1 Å². The molecule has 0 atom stereocenters. The number of hydrogen-bond donors (Lipinski definition) is 2. The average Bonchev–Trinajstić information content (AvgIpc) is 3.29. The van der Waals surface area contributed by atoms with Crippen LogP contribution in [-0.2, 0) is 0 Å². The van der Waals surface area contributed by atoms with Crippen molar-refractivity contribution in [2.75, 3.05) is 4.90 Å². The van der Waals surface area contributed by atoms with Gasteiger partial charge >= 0.3 is 11.9 Å². The van der Waals surface area contributed by atoms with Gasteiger partial charge < -0.3 is 10.2 Å². The number of imide groups is 1. The molecule has 2 N–H and O–H groups in total. The number of amides is 2. The quantitative estimate of drug-likeness (QED) is 0.236. The maximum atomic E-state index is 12.6. The molecule has 9 nitrogen and oxygen atoms in total. The zero-order valence-corrected chi connectivity index (χ0v) is 22.3. The number of carbonyl (C=O) groups is 4. The van der Waals surface area contributed by atoms with Gasteiger partial charge in [-0.2, -0.15) is 0 Å². The van der Waals surface area contributed by atoms with Gasteiger partial charge in [-0.1, -0.05) is 54.6 Å². The van der Waals surface area contributed by atoms with Gasteiger partial charge in [-0.3, -0.25) is 14.6 Å². The third-order valence-corrected chi connectivity index (χ3v) is 7.00. The predicted octanol–water partition coefficient (Wildman–Crippen LogP) is 6.33. The second-order valence-corrected chi connectivity index (χ2v) is 9.64. The van der Waals surface area contributed by atoms with E-state index < -0.39 is 23.8 Å². The van der Waals surface area contributed by atoms with E-state index >= 15 is 0 Å². The summed E-state index contributed by atoms with van der Waals surface area (Å²) in [6, 6.07) is 31.2. The van der Waals surface area contributed by atoms with Gasteiger partial charge in [-0.05, 0) is 65.4 Å². The fraction of sp³-hybridized carbons (Fsp3) is 0. The summed E-state index contributed by atoms with van der Waals surface area (Å²) in [5, 5.41) is 20.9. The summed E-state index contributed by atoms with van der Waals surface area (Å²) in [5.74, 6) is -3.05. The number of benzene rings is 4. The average molecular weight is 568 g/mol. The van der Waals surface area contributed by atoms with Crippen molar-refractivity contribution in [1.82, 2.24) is 9.97 Å². The number of aromatic nitrogens is 2. The number of para-hydroxylation sites is 1. The van der Waals surface area contributed by atoms with Crippen LogP contribution in [0.15, 0.2) is 115 Å². The zero-order valence-electron chi connectivity index (χ0n) is 22.3. The highest BCUT2D eigenvalue weighted by molar-refractivity contribution is 6.35. The maximum absolute atomic E-state index is 12.6. The third-order valence-electron chi connectivity index (χ3n) is 7.00. The van der Waals surface area contributed by atoms with E-state index in [0.717, 1.165) is 15.7 Å². The first-order valence-electron chi connectivity index (χ1n) is 13.1. The van der Waals surface area contributed by atoms with Crippen molar-refractivity contribution in [3.63, 3.8) is 0 Å². The minimum absolute atomic E-state index is 0.0183. The molecule has 1 aliphatic heterocycles. The van der Waals surface area contributed by atoms with Crippen molar-refractivity contribution in [2.24, 2.45) is 0 Å². The van der Waals surface area contributed by atoms with Crippen LogP contribution in [0.1, 0.15) is 41.4 Å². The van der Waals surface area contributed by atoms with Gasteiger partial charge in [0.25, 0.3) is 11.8 Å². The number of carboxylic acids is 2. The Bertz CT molecular complexity index is 2090. The number of aromatic carboxylic acids is 2. The van der Waals surface area contributed by atoms with E-state index in [2.05, 4.69) is 9.97 Å². The molecule has 4 aromatic carbocycles. The summed E-state index contributed by atoms with van der Waals surface area (Å²) in [6.07, 6.45) is 1.66. The molecule has 0 spiro atoms. The first-order chi connectivity index (χ1) is 20.8. The Balaban J connectivity index is 0.000000157. The molecule has 0 saturated heterocycles. The Morgan fingerprint density at radius 3 is 2.09 bits per heavy atom. The highest BCUT2D eigenvalue weighted by Gasteiger charge is 2.37. The second kappa shape index (κ2) is 11.0. The molecule has 0 aliphatic carbocycles. The van der Waals surface area contributed by atoms with Crippen LogP contribution in [0, 0.1) is 0 Å². The highest BCUT2D eigenvalue weighted by atomic mass is 16.4. The van der Waals surface area contributed by atoms with Crippen molar-refractivity contribution in [3.8, 4) is 11.4 Å². The smallest absolute Gasteiger partial charge is 0.336 e. The van der Waals surface area contributed by atoms with Crippen LogP contribution in [0.2, 0.25) is 0 Å². The molecule has 43 heavy (non-hydrogen) atoms. The fourth-order valence-corrected chi connectivity index (χ4v) is 4.92. The molecule has 9 heteroatoms. The minimum Gasteiger partial charge on any atom is -0.478 e. The van der Waals surface area contributed by atoms with E-state index in [1.54, 1.807) is 42.6 Å². The van der Waals surface area contributed by atoms with Gasteiger partial charge in [0.2, 0.25) is 0 Å². The molecule has 7 rings (SSSR count). The van der Waals surface area contributed by atoms with E-state index in [9.17, 15) is 24.3 Å². The van der Waals surface area contributed by atoms with Gasteiger partial charge in [-0.15, -0.1) is 0 Å². The number of carbonyl (C=O) groups excluding carboxylic acids is 2. The van der Waals surface area contributed by atoms with E-state index in [0.29, 0.717) is 28.0 Å². The number of carboxylic acid groups (broad SMARTS) is 2. The van der Waals surface area contributed by atoms with Crippen molar-refractivity contribution in [2.45, 2.75) is 0 Å². The SMILES string of the molecule is O=C(O)c1cc(-c2ccccn2)nc2ccccc12.O=C(O)c1ccc2c(c1)C(=O)N(c1ccc3ccccc3c1)C2=O. The lowest BCUT2D eigenvalue weighted by molar-refractivity contribution is 0.0687. The van der Waals surface area contributed by atoms with Crippen molar-refractivity contribution in [3.05, 3.63) is 138 Å². The lowest BCUT2D eigenvalue weighted by atomic mass is 10.1. The van der Waals surface area contributed by atoms with Crippen LogP contribution in [0.4, 0.5) is 5.69 Å². The van der Waals surface area contributed by atoms with E-state index in [1.165, 1.54) is 18.2 Å². The molecular formula is C34H21N3O6. The summed E-state index contributed by atoms with van der Waals surface area (Å²) in [4.78, 5) is 57.4. The summed E-state index contributed by atoms with van der Waals surface area (Å²) >= 11 is 0. The van der Waals surface area contributed by atoms with E-state index in [-0.39, 0.29) is 22.3 Å². The second-order valence-electron chi connectivity index (χ2n) is 9.64. The molecule has 2 aromatic heterocycles. The van der Waals surface area contributed by atoms with Crippen molar-refractivity contribution < 1.29 is 29.4 Å². The van der Waals surface area contributed by atoms with Gasteiger partial charge in [0.05, 0.1) is 44.8 Å². The Morgan fingerprint density at radius 1 is 0.628 bits per heavy atom. The Kier molecular flexibility index (Phi) is 6.89. The number of pyridine rings is 2. The van der Waals surface area contributed by atoms with Crippen LogP contribution in [-0.4, -0.2) is 43.9 Å². The zero-order chi connectivity index (χ0) is 30.1. The molecule has 0 radical (unpaired) electrons. The lowest BCUT2D eigenvalue weighted by Crippen LogP contribution is -2.29. The summed E-state index contributed by atoms with van der Waals surface area (Å²) in [6.45, 7) is 0. The van der Waals surface area contributed by atoms with E-state index in [1.807, 2.05) is 54.6 Å². The van der Waals surface area contributed by atoms with Crippen LogP contribution in [0.5, 0.6) is 0 Å². The number of rotatable bonds is 4. The maximum Gasteiger partial charge on any atom is 0.336 e. The largest absolute Gasteiger partial charge is 0.478 e. The first kappa shape index (κ1) is 27.0. The number of hydrogen-bond acceptors (Lipinski definition) is 6. The predicted molar refractivity (Wildman–Crippen MR) is 160 cm³/mol. The van der Waals surface area contributed by atoms with Gasteiger partial charge in [0.1, 0.15) is 0 Å². The molecule has 2 amide bonds. The molecule has 0 saturated carbocycles. The summed E-state index contributed by atoms with van der Waals surface area (Å²) in [5.41, 5.74) is 2.92. The molecular weight excluding hydrogens is 546 g/mol. The van der Waals surface area contributed by atoms with Gasteiger partial charge in [0.15, 0.2) is 0 Å². The molecule has 0 fully saturated rings. The van der Waals surface area contributed by atoms with Crippen LogP contribution >= 0.6 is 0 Å². The summed E-state index contributed by atoms with van der Waals surface area (Å²) in [7, 11) is 0. The molecule has 0 unspecified atom stereocenters. The topological polar surface area (TPSA) is 138 Å². The summed E-state index contributed by atoms with van der Waals surface area (Å²) < 4.78 is 0. The molecule has 0 bridgehead atoms. The van der Waals surface area contributed by atoms with Crippen molar-refractivity contribution >= 4 is 51.1 Å². The van der Waals surface area contributed by atoms with Crippen LogP contribution in [0.3, 0.4) is 0 Å². The van der Waals surface area contributed by atoms with E-state index in [4.69, 9.17) is 5.11 Å². The Hall–Kier alpha value is -6.22. The molecule has 1 aliphatic rings. The molecule has 208 valence electrons. The fourth-order valence-electron chi connectivity index (χ4n) is 4.92. The van der Waals surface area contributed by atoms with Crippen molar-refractivity contribution in [1.29, 1.82) is 0 Å². The number of nitrogens with zero attached hydrogens (tertiary/aromatic N) is 3. The highest BCUT2D eigenvalue weighted by Crippen LogP contribution is 2.31. The van der Waals surface area contributed by atoms with Crippen LogP contribution < -0.4 is 4.90 Å². The molecule has 6 aromatic rings. The monoisotopic (exact) mass is 567 g/mol. The minimum atomic E-state index is -1.14. The van der Waals surface area contributed by atoms with Gasteiger partial charge in [-0.25, -0.2) is 19.5 Å². The van der Waals surface area contributed by atoms with Gasteiger partial charge in [0, 0.05) is 11.6 Å².